The van der Waals surface area contributed by atoms with E-state index in [0.29, 0.717) is 29.5 Å². The third-order valence-corrected chi connectivity index (χ3v) is 3.89. The Hall–Kier alpha value is -2.20. The molecule has 0 heterocycles. The molecule has 0 atom stereocenters. The summed E-state index contributed by atoms with van der Waals surface area (Å²) in [6.07, 6.45) is 1.68. The Morgan fingerprint density at radius 3 is 2.67 bits per heavy atom. The summed E-state index contributed by atoms with van der Waals surface area (Å²) < 4.78 is 10.7. The minimum absolute atomic E-state index is 0.141. The van der Waals surface area contributed by atoms with Crippen LogP contribution in [-0.4, -0.2) is 26.2 Å². The van der Waals surface area contributed by atoms with Crippen LogP contribution in [-0.2, 0) is 6.42 Å². The Kier molecular flexibility index (Phi) is 6.94. The monoisotopic (exact) mass is 347 g/mol. The highest BCUT2D eigenvalue weighted by Gasteiger charge is 2.09. The fourth-order valence-electron chi connectivity index (χ4n) is 2.40. The lowest BCUT2D eigenvalue weighted by molar-refractivity contribution is 0.0953. The zero-order valence-corrected chi connectivity index (χ0v) is 14.7. The fraction of sp³-hybridized carbons (Fsp3) is 0.316. The van der Waals surface area contributed by atoms with Crippen LogP contribution in [0.1, 0.15) is 29.3 Å². The van der Waals surface area contributed by atoms with Crippen molar-refractivity contribution in [1.82, 2.24) is 5.32 Å². The Labute approximate surface area is 147 Å². The highest BCUT2D eigenvalue weighted by Crippen LogP contribution is 2.25. The van der Waals surface area contributed by atoms with Crippen LogP contribution in [0.2, 0.25) is 5.02 Å². The fourth-order valence-corrected chi connectivity index (χ4v) is 2.65. The number of ether oxygens (including phenoxy) is 2. The molecule has 1 N–H and O–H groups in total. The van der Waals surface area contributed by atoms with Crippen LogP contribution in [0, 0.1) is 0 Å². The molecule has 0 bridgehead atoms. The van der Waals surface area contributed by atoms with Crippen molar-refractivity contribution in [3.8, 4) is 11.5 Å². The molecule has 2 aromatic carbocycles. The second kappa shape index (κ2) is 9.18. The van der Waals surface area contributed by atoms with Gasteiger partial charge in [-0.05, 0) is 49.6 Å². The van der Waals surface area contributed by atoms with E-state index in [-0.39, 0.29) is 5.91 Å². The SMILES string of the molecule is CCOc1ccccc1CCCNC(=O)c1ccc(OC)c(Cl)c1. The first-order valence-corrected chi connectivity index (χ1v) is 8.36. The molecule has 0 saturated carbocycles. The second-order valence-corrected chi connectivity index (χ2v) is 5.66. The number of hydrogen-bond acceptors (Lipinski definition) is 3. The number of rotatable bonds is 8. The lowest BCUT2D eigenvalue weighted by atomic mass is 10.1. The number of amides is 1. The minimum atomic E-state index is -0.141. The van der Waals surface area contributed by atoms with Gasteiger partial charge in [0, 0.05) is 12.1 Å². The van der Waals surface area contributed by atoms with Gasteiger partial charge in [-0.3, -0.25) is 4.79 Å². The Morgan fingerprint density at radius 2 is 1.96 bits per heavy atom. The van der Waals surface area contributed by atoms with Crippen molar-refractivity contribution < 1.29 is 14.3 Å². The van der Waals surface area contributed by atoms with E-state index in [1.807, 2.05) is 25.1 Å². The van der Waals surface area contributed by atoms with Crippen molar-refractivity contribution in [2.75, 3.05) is 20.3 Å². The van der Waals surface area contributed by atoms with E-state index in [1.165, 1.54) is 0 Å². The zero-order chi connectivity index (χ0) is 17.4. The molecular formula is C19H22ClNO3. The van der Waals surface area contributed by atoms with Gasteiger partial charge in [0.05, 0.1) is 18.7 Å². The normalized spacial score (nSPS) is 10.3. The van der Waals surface area contributed by atoms with Gasteiger partial charge >= 0.3 is 0 Å². The number of methoxy groups -OCH3 is 1. The molecule has 24 heavy (non-hydrogen) atoms. The van der Waals surface area contributed by atoms with Crippen LogP contribution in [0.5, 0.6) is 11.5 Å². The van der Waals surface area contributed by atoms with Crippen molar-refractivity contribution in [3.63, 3.8) is 0 Å². The first kappa shape index (κ1) is 18.1. The maximum atomic E-state index is 12.1. The molecular weight excluding hydrogens is 326 g/mol. The third kappa shape index (κ3) is 4.90. The highest BCUT2D eigenvalue weighted by atomic mass is 35.5. The van der Waals surface area contributed by atoms with Crippen LogP contribution in [0.15, 0.2) is 42.5 Å². The first-order valence-electron chi connectivity index (χ1n) is 7.98. The topological polar surface area (TPSA) is 47.6 Å². The molecule has 0 spiro atoms. The molecule has 0 aromatic heterocycles. The molecule has 2 rings (SSSR count). The summed E-state index contributed by atoms with van der Waals surface area (Å²) >= 11 is 6.04. The Morgan fingerprint density at radius 1 is 1.17 bits per heavy atom. The smallest absolute Gasteiger partial charge is 0.251 e. The third-order valence-electron chi connectivity index (χ3n) is 3.59. The van der Waals surface area contributed by atoms with Crippen molar-refractivity contribution in [3.05, 3.63) is 58.6 Å². The van der Waals surface area contributed by atoms with Gasteiger partial charge in [-0.15, -0.1) is 0 Å². The van der Waals surface area contributed by atoms with Crippen LogP contribution in [0.3, 0.4) is 0 Å². The lowest BCUT2D eigenvalue weighted by Gasteiger charge is -2.10. The molecule has 0 unspecified atom stereocenters. The quantitative estimate of drug-likeness (QED) is 0.731. The summed E-state index contributed by atoms with van der Waals surface area (Å²) in [4.78, 5) is 12.1. The molecule has 0 fully saturated rings. The average Bonchev–Trinajstić information content (AvgIpc) is 2.60. The number of carbonyl (C=O) groups is 1. The van der Waals surface area contributed by atoms with Crippen molar-refractivity contribution in [2.24, 2.45) is 0 Å². The molecule has 5 heteroatoms. The van der Waals surface area contributed by atoms with E-state index >= 15 is 0 Å². The molecule has 0 aliphatic heterocycles. The average molecular weight is 348 g/mol. The summed E-state index contributed by atoms with van der Waals surface area (Å²) in [6.45, 7) is 3.20. The first-order chi connectivity index (χ1) is 11.7. The van der Waals surface area contributed by atoms with Gasteiger partial charge in [-0.1, -0.05) is 29.8 Å². The predicted octanol–water partition coefficient (Wildman–Crippen LogP) is 4.11. The largest absolute Gasteiger partial charge is 0.495 e. The molecule has 4 nitrogen and oxygen atoms in total. The van der Waals surface area contributed by atoms with Crippen LogP contribution in [0.25, 0.3) is 0 Å². The molecule has 0 aliphatic carbocycles. The van der Waals surface area contributed by atoms with Gasteiger partial charge in [0.1, 0.15) is 11.5 Å². The van der Waals surface area contributed by atoms with Crippen LogP contribution < -0.4 is 14.8 Å². The Bertz CT molecular complexity index is 688. The number of benzene rings is 2. The maximum absolute atomic E-state index is 12.1. The minimum Gasteiger partial charge on any atom is -0.495 e. The maximum Gasteiger partial charge on any atom is 0.251 e. The molecule has 0 radical (unpaired) electrons. The van der Waals surface area contributed by atoms with E-state index in [1.54, 1.807) is 25.3 Å². The predicted molar refractivity (Wildman–Crippen MR) is 96.3 cm³/mol. The number of nitrogens with one attached hydrogen (secondary N) is 1. The molecule has 0 aliphatic rings. The molecule has 2 aromatic rings. The summed E-state index contributed by atoms with van der Waals surface area (Å²) in [5.74, 6) is 1.33. The van der Waals surface area contributed by atoms with Gasteiger partial charge in [0.15, 0.2) is 0 Å². The van der Waals surface area contributed by atoms with E-state index in [2.05, 4.69) is 11.4 Å². The van der Waals surface area contributed by atoms with E-state index in [0.717, 1.165) is 24.2 Å². The molecule has 128 valence electrons. The number of halogens is 1. The van der Waals surface area contributed by atoms with Crippen molar-refractivity contribution in [2.45, 2.75) is 19.8 Å². The summed E-state index contributed by atoms with van der Waals surface area (Å²) in [5.41, 5.74) is 1.68. The van der Waals surface area contributed by atoms with Gasteiger partial charge in [-0.2, -0.15) is 0 Å². The highest BCUT2D eigenvalue weighted by molar-refractivity contribution is 6.32. The van der Waals surface area contributed by atoms with Crippen molar-refractivity contribution in [1.29, 1.82) is 0 Å². The standard InChI is InChI=1S/C19H22ClNO3/c1-3-24-17-9-5-4-7-14(17)8-6-12-21-19(22)15-10-11-18(23-2)16(20)13-15/h4-5,7,9-11,13H,3,6,8,12H2,1-2H3,(H,21,22). The van der Waals surface area contributed by atoms with Crippen LogP contribution >= 0.6 is 11.6 Å². The van der Waals surface area contributed by atoms with Gasteiger partial charge < -0.3 is 14.8 Å². The van der Waals surface area contributed by atoms with E-state index in [9.17, 15) is 4.79 Å². The van der Waals surface area contributed by atoms with Gasteiger partial charge in [0.25, 0.3) is 5.91 Å². The molecule has 1 amide bonds. The van der Waals surface area contributed by atoms with E-state index < -0.39 is 0 Å². The summed E-state index contributed by atoms with van der Waals surface area (Å²) in [7, 11) is 1.54. The zero-order valence-electron chi connectivity index (χ0n) is 14.0. The number of aryl methyl sites for hydroxylation is 1. The van der Waals surface area contributed by atoms with Crippen LogP contribution in [0.4, 0.5) is 0 Å². The Balaban J connectivity index is 1.84. The van der Waals surface area contributed by atoms with Crippen molar-refractivity contribution >= 4 is 17.5 Å². The van der Waals surface area contributed by atoms with Gasteiger partial charge in [0.2, 0.25) is 0 Å². The van der Waals surface area contributed by atoms with E-state index in [4.69, 9.17) is 21.1 Å². The summed E-state index contributed by atoms with van der Waals surface area (Å²) in [6, 6.07) is 13.0. The lowest BCUT2D eigenvalue weighted by Crippen LogP contribution is -2.24. The summed E-state index contributed by atoms with van der Waals surface area (Å²) in [5, 5.41) is 3.33. The number of hydrogen-bond donors (Lipinski definition) is 1. The number of carbonyl (C=O) groups excluding carboxylic acids is 1. The number of para-hydroxylation sites is 1. The van der Waals surface area contributed by atoms with Gasteiger partial charge in [-0.25, -0.2) is 0 Å². The second-order valence-electron chi connectivity index (χ2n) is 5.25. The molecule has 0 saturated heterocycles.